The Kier molecular flexibility index (Phi) is 4.37. The Morgan fingerprint density at radius 1 is 1.00 bits per heavy atom. The Balaban J connectivity index is 1.96. The van der Waals surface area contributed by atoms with E-state index < -0.39 is 0 Å². The number of rotatable bonds is 5. The normalized spacial score (nSPS) is 10.3. The first-order chi connectivity index (χ1) is 8.79. The highest BCUT2D eigenvalue weighted by Crippen LogP contribution is 2.15. The number of hydrogen-bond acceptors (Lipinski definition) is 2. The first-order valence-corrected chi connectivity index (χ1v) is 6.16. The van der Waals surface area contributed by atoms with Crippen LogP contribution in [0.1, 0.15) is 16.7 Å². The van der Waals surface area contributed by atoms with E-state index in [4.69, 9.17) is 9.84 Å². The van der Waals surface area contributed by atoms with Crippen LogP contribution in [0.25, 0.3) is 0 Å². The molecule has 1 N–H and O–H groups in total. The van der Waals surface area contributed by atoms with Gasteiger partial charge in [-0.2, -0.15) is 0 Å². The molecule has 2 heteroatoms. The summed E-state index contributed by atoms with van der Waals surface area (Å²) < 4.78 is 5.74. The fourth-order valence-corrected chi connectivity index (χ4v) is 1.81. The molecule has 0 aliphatic heterocycles. The first kappa shape index (κ1) is 12.7. The second-order valence-electron chi connectivity index (χ2n) is 4.33. The third kappa shape index (κ3) is 3.34. The molecule has 2 nitrogen and oxygen atoms in total. The van der Waals surface area contributed by atoms with Crippen molar-refractivity contribution in [1.82, 2.24) is 0 Å². The number of aliphatic hydroxyl groups excluding tert-OH is 1. The predicted molar refractivity (Wildman–Crippen MR) is 72.7 cm³/mol. The highest BCUT2D eigenvalue weighted by Gasteiger charge is 1.99. The Hall–Kier alpha value is -1.80. The SMILES string of the molecule is Cc1ccccc1COc1ccc(CCO)cc1. The molecule has 2 rings (SSSR count). The zero-order valence-corrected chi connectivity index (χ0v) is 10.6. The highest BCUT2D eigenvalue weighted by molar-refractivity contribution is 5.29. The molecule has 18 heavy (non-hydrogen) atoms. The molecule has 94 valence electrons. The van der Waals surface area contributed by atoms with Crippen molar-refractivity contribution in [2.45, 2.75) is 20.0 Å². The van der Waals surface area contributed by atoms with Crippen molar-refractivity contribution >= 4 is 0 Å². The van der Waals surface area contributed by atoms with Crippen molar-refractivity contribution in [2.24, 2.45) is 0 Å². The van der Waals surface area contributed by atoms with Crippen LogP contribution >= 0.6 is 0 Å². The van der Waals surface area contributed by atoms with Gasteiger partial charge in [0.25, 0.3) is 0 Å². The van der Waals surface area contributed by atoms with E-state index >= 15 is 0 Å². The van der Waals surface area contributed by atoms with Crippen molar-refractivity contribution in [3.63, 3.8) is 0 Å². The van der Waals surface area contributed by atoms with E-state index in [1.165, 1.54) is 11.1 Å². The fourth-order valence-electron chi connectivity index (χ4n) is 1.81. The molecule has 0 radical (unpaired) electrons. The summed E-state index contributed by atoms with van der Waals surface area (Å²) in [6.45, 7) is 2.86. The lowest BCUT2D eigenvalue weighted by Crippen LogP contribution is -1.98. The minimum atomic E-state index is 0.184. The molecule has 0 saturated heterocycles. The van der Waals surface area contributed by atoms with Crippen molar-refractivity contribution in [1.29, 1.82) is 0 Å². The number of aryl methyl sites for hydroxylation is 1. The van der Waals surface area contributed by atoms with Crippen LogP contribution in [0.5, 0.6) is 5.75 Å². The van der Waals surface area contributed by atoms with Gasteiger partial charge >= 0.3 is 0 Å². The van der Waals surface area contributed by atoms with Crippen LogP contribution in [-0.4, -0.2) is 11.7 Å². The summed E-state index contributed by atoms with van der Waals surface area (Å²) in [6, 6.07) is 16.1. The molecule has 0 unspecified atom stereocenters. The molecule has 0 amide bonds. The van der Waals surface area contributed by atoms with Crippen LogP contribution in [0.4, 0.5) is 0 Å². The summed E-state index contributed by atoms with van der Waals surface area (Å²) in [7, 11) is 0. The Morgan fingerprint density at radius 2 is 1.72 bits per heavy atom. The molecule has 2 aromatic rings. The Labute approximate surface area is 108 Å². The van der Waals surface area contributed by atoms with Crippen LogP contribution in [0, 0.1) is 6.92 Å². The maximum absolute atomic E-state index is 8.84. The summed E-state index contributed by atoms with van der Waals surface area (Å²) in [6.07, 6.45) is 0.693. The third-order valence-corrected chi connectivity index (χ3v) is 2.98. The second-order valence-corrected chi connectivity index (χ2v) is 4.33. The molecule has 0 bridgehead atoms. The summed E-state index contributed by atoms with van der Waals surface area (Å²) >= 11 is 0. The summed E-state index contributed by atoms with van der Waals surface area (Å²) in [5, 5.41) is 8.84. The monoisotopic (exact) mass is 242 g/mol. The van der Waals surface area contributed by atoms with Gasteiger partial charge in [0.2, 0.25) is 0 Å². The zero-order chi connectivity index (χ0) is 12.8. The van der Waals surface area contributed by atoms with E-state index in [2.05, 4.69) is 19.1 Å². The number of ether oxygens (including phenoxy) is 1. The number of hydrogen-bond donors (Lipinski definition) is 1. The molecular weight excluding hydrogens is 224 g/mol. The molecule has 0 aromatic heterocycles. The molecule has 2 aromatic carbocycles. The van der Waals surface area contributed by atoms with E-state index in [-0.39, 0.29) is 6.61 Å². The van der Waals surface area contributed by atoms with Crippen LogP contribution in [0.2, 0.25) is 0 Å². The van der Waals surface area contributed by atoms with Gasteiger partial charge in [0, 0.05) is 6.61 Å². The van der Waals surface area contributed by atoms with Crippen LogP contribution in [0.3, 0.4) is 0 Å². The average Bonchev–Trinajstić information content (AvgIpc) is 2.40. The quantitative estimate of drug-likeness (QED) is 0.873. The van der Waals surface area contributed by atoms with Crippen molar-refractivity contribution in [2.75, 3.05) is 6.61 Å². The molecule has 0 fully saturated rings. The molecule has 0 aliphatic carbocycles. The topological polar surface area (TPSA) is 29.5 Å². The standard InChI is InChI=1S/C16H18O2/c1-13-4-2-3-5-15(13)12-18-16-8-6-14(7-9-16)10-11-17/h2-9,17H,10-12H2,1H3. The molecule has 0 saturated carbocycles. The lowest BCUT2D eigenvalue weighted by atomic mass is 10.1. The molecule has 0 atom stereocenters. The largest absolute Gasteiger partial charge is 0.489 e. The maximum Gasteiger partial charge on any atom is 0.119 e. The van der Waals surface area contributed by atoms with E-state index in [0.717, 1.165) is 11.3 Å². The van der Waals surface area contributed by atoms with Crippen LogP contribution in [-0.2, 0) is 13.0 Å². The second kappa shape index (κ2) is 6.22. The minimum Gasteiger partial charge on any atom is -0.489 e. The smallest absolute Gasteiger partial charge is 0.119 e. The van der Waals surface area contributed by atoms with Gasteiger partial charge in [-0.15, -0.1) is 0 Å². The molecule has 0 aliphatic rings. The van der Waals surface area contributed by atoms with Crippen molar-refractivity contribution < 1.29 is 9.84 Å². The van der Waals surface area contributed by atoms with Crippen LogP contribution < -0.4 is 4.74 Å². The average molecular weight is 242 g/mol. The highest BCUT2D eigenvalue weighted by atomic mass is 16.5. The fraction of sp³-hybridized carbons (Fsp3) is 0.250. The van der Waals surface area contributed by atoms with Crippen molar-refractivity contribution in [3.05, 3.63) is 65.2 Å². The van der Waals surface area contributed by atoms with E-state index in [9.17, 15) is 0 Å². The molecular formula is C16H18O2. The van der Waals surface area contributed by atoms with Gasteiger partial charge in [-0.1, -0.05) is 36.4 Å². The van der Waals surface area contributed by atoms with Gasteiger partial charge in [-0.3, -0.25) is 0 Å². The van der Waals surface area contributed by atoms with Crippen molar-refractivity contribution in [3.8, 4) is 5.75 Å². The summed E-state index contributed by atoms with van der Waals surface area (Å²) in [5.74, 6) is 0.861. The summed E-state index contributed by atoms with van der Waals surface area (Å²) in [5.41, 5.74) is 3.58. The zero-order valence-electron chi connectivity index (χ0n) is 10.6. The Bertz CT molecular complexity index is 489. The van der Waals surface area contributed by atoms with Gasteiger partial charge < -0.3 is 9.84 Å². The number of aliphatic hydroxyl groups is 1. The first-order valence-electron chi connectivity index (χ1n) is 6.16. The third-order valence-electron chi connectivity index (χ3n) is 2.98. The number of benzene rings is 2. The van der Waals surface area contributed by atoms with Gasteiger partial charge in [0.1, 0.15) is 12.4 Å². The van der Waals surface area contributed by atoms with Gasteiger partial charge in [0.15, 0.2) is 0 Å². The van der Waals surface area contributed by atoms with Gasteiger partial charge in [-0.25, -0.2) is 0 Å². The van der Waals surface area contributed by atoms with E-state index in [1.54, 1.807) is 0 Å². The van der Waals surface area contributed by atoms with Gasteiger partial charge in [0.05, 0.1) is 0 Å². The minimum absolute atomic E-state index is 0.184. The Morgan fingerprint density at radius 3 is 2.39 bits per heavy atom. The molecule has 0 spiro atoms. The summed E-state index contributed by atoms with van der Waals surface area (Å²) in [4.78, 5) is 0. The lowest BCUT2D eigenvalue weighted by Gasteiger charge is -2.09. The molecule has 0 heterocycles. The van der Waals surface area contributed by atoms with Gasteiger partial charge in [-0.05, 0) is 42.2 Å². The lowest BCUT2D eigenvalue weighted by molar-refractivity contribution is 0.298. The van der Waals surface area contributed by atoms with E-state index in [1.807, 2.05) is 36.4 Å². The predicted octanol–water partition coefficient (Wildman–Crippen LogP) is 3.11. The maximum atomic E-state index is 8.84. The van der Waals surface area contributed by atoms with E-state index in [0.29, 0.717) is 13.0 Å². The van der Waals surface area contributed by atoms with Crippen LogP contribution in [0.15, 0.2) is 48.5 Å².